The van der Waals surface area contributed by atoms with Gasteiger partial charge in [-0.2, -0.15) is 13.0 Å². The van der Waals surface area contributed by atoms with E-state index >= 15 is 0 Å². The van der Waals surface area contributed by atoms with Crippen molar-refractivity contribution >= 4 is 37.6 Å². The molecule has 0 saturated carbocycles. The molecule has 1 aromatic rings. The largest absolute Gasteiger partial charge is 0.748 e. The van der Waals surface area contributed by atoms with Crippen LogP contribution in [0.3, 0.4) is 0 Å². The number of carboxylic acids is 1. The van der Waals surface area contributed by atoms with Gasteiger partial charge in [-0.25, -0.2) is 8.42 Å². The monoisotopic (exact) mass is 475 g/mol. The summed E-state index contributed by atoms with van der Waals surface area (Å²) in [5.74, 6) is -1.28. The molecule has 1 unspecified atom stereocenters. The molecular weight excluding hydrogens is 446 g/mol. The number of rotatable bonds is 12. The second-order valence-electron chi connectivity index (χ2n) is 8.15. The number of benzene rings is 1. The number of unbranched alkanes of at least 4 members (excludes halogenated alkanes) is 3. The van der Waals surface area contributed by atoms with E-state index in [4.69, 9.17) is 5.11 Å². The highest BCUT2D eigenvalue weighted by Gasteiger charge is 2.46. The number of hydrogen-bond acceptors (Lipinski definition) is 6. The van der Waals surface area contributed by atoms with Gasteiger partial charge in [-0.05, 0) is 38.3 Å². The minimum atomic E-state index is -4.38. The van der Waals surface area contributed by atoms with E-state index in [1.54, 1.807) is 6.07 Å². The molecular formula is C20H29NO8S2. The second-order valence-corrected chi connectivity index (χ2v) is 11.1. The average Bonchev–Trinajstić information content (AvgIpc) is 2.84. The van der Waals surface area contributed by atoms with Gasteiger partial charge in [0.25, 0.3) is 10.1 Å². The van der Waals surface area contributed by atoms with E-state index in [9.17, 15) is 30.7 Å². The van der Waals surface area contributed by atoms with Crippen LogP contribution in [0.1, 0.15) is 64.4 Å². The third-order valence-corrected chi connectivity index (χ3v) is 7.59. The fraction of sp³-hybridized carbons (Fsp3) is 0.600. The molecule has 0 saturated heterocycles. The van der Waals surface area contributed by atoms with Crippen molar-refractivity contribution in [2.45, 2.75) is 69.1 Å². The third-order valence-electron chi connectivity index (χ3n) is 5.95. The molecule has 0 fully saturated rings. The Morgan fingerprint density at radius 2 is 1.77 bits per heavy atom. The number of carbonyl (C=O) groups is 1. The molecule has 0 aromatic heterocycles. The molecule has 11 heteroatoms. The van der Waals surface area contributed by atoms with Gasteiger partial charge in [-0.1, -0.05) is 12.8 Å². The Labute approximate surface area is 183 Å². The molecule has 0 amide bonds. The molecule has 0 aliphatic carbocycles. The van der Waals surface area contributed by atoms with E-state index in [-0.39, 0.29) is 17.7 Å². The molecule has 0 bridgehead atoms. The summed E-state index contributed by atoms with van der Waals surface area (Å²) in [5.41, 5.74) is 1.96. The summed E-state index contributed by atoms with van der Waals surface area (Å²) in [6.07, 6.45) is 3.44. The maximum atomic E-state index is 11.7. The first-order valence-electron chi connectivity index (χ1n) is 10.1. The van der Waals surface area contributed by atoms with Crippen LogP contribution in [0.5, 0.6) is 0 Å². The Balaban J connectivity index is 2.29. The summed E-state index contributed by atoms with van der Waals surface area (Å²) in [7, 11) is -8.65. The van der Waals surface area contributed by atoms with E-state index in [1.165, 1.54) is 12.1 Å². The average molecular weight is 476 g/mol. The van der Waals surface area contributed by atoms with Gasteiger partial charge in [0.15, 0.2) is 5.71 Å². The summed E-state index contributed by atoms with van der Waals surface area (Å²) >= 11 is 0. The molecule has 9 nitrogen and oxygen atoms in total. The molecule has 1 aromatic carbocycles. The van der Waals surface area contributed by atoms with Gasteiger partial charge < -0.3 is 9.66 Å². The number of carboxylic acid groups (broad SMARTS) is 1. The van der Waals surface area contributed by atoms with Crippen LogP contribution in [0.15, 0.2) is 23.1 Å². The quantitative estimate of drug-likeness (QED) is 0.266. The third kappa shape index (κ3) is 6.58. The van der Waals surface area contributed by atoms with Crippen LogP contribution in [0.2, 0.25) is 0 Å². The van der Waals surface area contributed by atoms with Gasteiger partial charge in [-0.3, -0.25) is 9.35 Å². The zero-order valence-corrected chi connectivity index (χ0v) is 19.3. The topological polar surface area (TPSA) is 152 Å². The highest BCUT2D eigenvalue weighted by atomic mass is 32.2. The standard InChI is InChI=1S/C20H29NO8S2/c1-15-20(2,11-5-3-4-8-19(22)23)17-14-16(31(27,28)29)9-10-18(17)21(15)12-6-7-13-30(24,25)26/h9-10,14H,3-8,11-13H2,1-2H3,(H2-,22,23,24,25,26,27,28,29). The Bertz CT molecular complexity index is 1080. The predicted octanol–water partition coefficient (Wildman–Crippen LogP) is 2.67. The van der Waals surface area contributed by atoms with Crippen LogP contribution in [0.4, 0.5) is 5.69 Å². The Kier molecular flexibility index (Phi) is 8.01. The van der Waals surface area contributed by atoms with Crippen LogP contribution in [0, 0.1) is 0 Å². The molecule has 1 heterocycles. The minimum Gasteiger partial charge on any atom is -0.748 e. The van der Waals surface area contributed by atoms with Gasteiger partial charge in [0, 0.05) is 37.1 Å². The lowest BCUT2D eigenvalue weighted by Crippen LogP contribution is -2.30. The first-order valence-corrected chi connectivity index (χ1v) is 13.2. The zero-order chi connectivity index (χ0) is 23.4. The molecule has 0 radical (unpaired) electrons. The van der Waals surface area contributed by atoms with Crippen molar-refractivity contribution in [2.24, 2.45) is 0 Å². The summed E-state index contributed by atoms with van der Waals surface area (Å²) in [6.45, 7) is 4.37. The maximum Gasteiger partial charge on any atom is 0.303 e. The molecule has 1 atom stereocenters. The van der Waals surface area contributed by atoms with Crippen molar-refractivity contribution in [1.29, 1.82) is 0 Å². The van der Waals surface area contributed by atoms with Gasteiger partial charge in [0.2, 0.25) is 5.69 Å². The van der Waals surface area contributed by atoms with Crippen LogP contribution < -0.4 is 0 Å². The van der Waals surface area contributed by atoms with Crippen LogP contribution in [0.25, 0.3) is 0 Å². The van der Waals surface area contributed by atoms with Crippen molar-refractivity contribution in [3.8, 4) is 0 Å². The Morgan fingerprint density at radius 1 is 1.10 bits per heavy atom. The fourth-order valence-electron chi connectivity index (χ4n) is 4.11. The molecule has 174 valence electrons. The van der Waals surface area contributed by atoms with Crippen LogP contribution >= 0.6 is 0 Å². The lowest BCUT2D eigenvalue weighted by atomic mass is 9.76. The summed E-state index contributed by atoms with van der Waals surface area (Å²) in [4.78, 5) is 10.5. The maximum absolute atomic E-state index is 11.7. The van der Waals surface area contributed by atoms with Gasteiger partial charge >= 0.3 is 5.97 Å². The van der Waals surface area contributed by atoms with Crippen molar-refractivity contribution in [2.75, 3.05) is 12.3 Å². The van der Waals surface area contributed by atoms with E-state index in [1.807, 2.05) is 18.4 Å². The van der Waals surface area contributed by atoms with E-state index < -0.39 is 37.4 Å². The first-order chi connectivity index (χ1) is 14.3. The lowest BCUT2D eigenvalue weighted by molar-refractivity contribution is -0.439. The summed E-state index contributed by atoms with van der Waals surface area (Å²) in [5, 5.41) is 8.79. The smallest absolute Gasteiger partial charge is 0.303 e. The van der Waals surface area contributed by atoms with Gasteiger partial charge in [0.05, 0.1) is 20.4 Å². The highest BCUT2D eigenvalue weighted by Crippen LogP contribution is 2.44. The zero-order valence-electron chi connectivity index (χ0n) is 17.7. The molecule has 2 N–H and O–H groups in total. The van der Waals surface area contributed by atoms with Gasteiger partial charge in [0.1, 0.15) is 6.54 Å². The van der Waals surface area contributed by atoms with E-state index in [0.29, 0.717) is 32.2 Å². The molecule has 2 rings (SSSR count). The first kappa shape index (κ1) is 25.4. The van der Waals surface area contributed by atoms with E-state index in [0.717, 1.165) is 23.4 Å². The number of nitrogens with zero attached hydrogens (tertiary/aromatic N) is 1. The van der Waals surface area contributed by atoms with Crippen LogP contribution in [-0.2, 0) is 30.4 Å². The predicted molar refractivity (Wildman–Crippen MR) is 114 cm³/mol. The fourth-order valence-corrected chi connectivity index (χ4v) is 5.17. The second kappa shape index (κ2) is 9.76. The molecule has 0 spiro atoms. The van der Waals surface area contributed by atoms with Crippen molar-refractivity contribution in [3.05, 3.63) is 23.8 Å². The number of fused-ring (bicyclic) bond motifs is 1. The Hall–Kier alpha value is -1.82. The normalized spacial score (nSPS) is 19.0. The summed E-state index contributed by atoms with van der Waals surface area (Å²) < 4.78 is 67.4. The Morgan fingerprint density at radius 3 is 2.35 bits per heavy atom. The minimum absolute atomic E-state index is 0.0949. The van der Waals surface area contributed by atoms with E-state index in [2.05, 4.69) is 0 Å². The molecule has 1 aliphatic heterocycles. The number of aliphatic carboxylic acids is 1. The molecule has 31 heavy (non-hydrogen) atoms. The van der Waals surface area contributed by atoms with Crippen molar-refractivity contribution in [1.82, 2.24) is 0 Å². The SMILES string of the molecule is CC1=[N+](CCCCS(=O)(=O)[O-])c2ccc(S(=O)(=O)O)cc2C1(C)CCCCCC(=O)O. The highest BCUT2D eigenvalue weighted by molar-refractivity contribution is 7.86. The van der Waals surface area contributed by atoms with Crippen LogP contribution in [-0.4, -0.2) is 59.6 Å². The van der Waals surface area contributed by atoms with Crippen molar-refractivity contribution < 1.29 is 40.4 Å². The number of hydrogen-bond donors (Lipinski definition) is 2. The lowest BCUT2D eigenvalue weighted by Gasteiger charge is -2.22. The molecule has 1 aliphatic rings. The summed E-state index contributed by atoms with van der Waals surface area (Å²) in [6, 6.07) is 4.42. The van der Waals surface area contributed by atoms with Gasteiger partial charge in [-0.15, -0.1) is 0 Å². The van der Waals surface area contributed by atoms with Crippen molar-refractivity contribution in [3.63, 3.8) is 0 Å².